The Kier molecular flexibility index (Phi) is 7.03. The summed E-state index contributed by atoms with van der Waals surface area (Å²) in [5.41, 5.74) is -0.483. The molecule has 0 aromatic rings. The number of hydrogen-bond acceptors (Lipinski definition) is 4. The van der Waals surface area contributed by atoms with Crippen LogP contribution in [0.2, 0.25) is 0 Å². The maximum atomic E-state index is 11.8. The van der Waals surface area contributed by atoms with E-state index in [1.807, 2.05) is 21.1 Å². The lowest BCUT2D eigenvalue weighted by Gasteiger charge is -2.28. The summed E-state index contributed by atoms with van der Waals surface area (Å²) in [6.07, 6.45) is -0.801. The monoisotopic (exact) mass is 302 g/mol. The van der Waals surface area contributed by atoms with Crippen LogP contribution >= 0.6 is 0 Å². The zero-order valence-electron chi connectivity index (χ0n) is 13.9. The van der Waals surface area contributed by atoms with Crippen molar-refractivity contribution in [2.75, 3.05) is 27.7 Å². The van der Waals surface area contributed by atoms with E-state index in [1.54, 1.807) is 20.8 Å². The third-order valence-electron chi connectivity index (χ3n) is 2.84. The fourth-order valence-corrected chi connectivity index (χ4v) is 1.78. The Bertz CT molecular complexity index is 390. The SMILES string of the molecule is CC(C)(C)C(=O)CCC(=O)O[C@@H](CC(=O)O)C[N+](C)(C)C. The molecule has 0 radical (unpaired) electrons. The number of aliphatic carboxylic acids is 1. The first-order chi connectivity index (χ1) is 9.31. The second-order valence-corrected chi connectivity index (χ2v) is 7.36. The van der Waals surface area contributed by atoms with Crippen LogP contribution in [0.15, 0.2) is 0 Å². The fourth-order valence-electron chi connectivity index (χ4n) is 1.78. The Morgan fingerprint density at radius 2 is 1.62 bits per heavy atom. The molecule has 0 rings (SSSR count). The highest BCUT2D eigenvalue weighted by molar-refractivity contribution is 5.86. The molecule has 0 fully saturated rings. The summed E-state index contributed by atoms with van der Waals surface area (Å²) >= 11 is 0. The molecule has 0 aromatic carbocycles. The van der Waals surface area contributed by atoms with Gasteiger partial charge in [0.1, 0.15) is 12.3 Å². The third-order valence-corrected chi connectivity index (χ3v) is 2.84. The number of carbonyl (C=O) groups is 3. The van der Waals surface area contributed by atoms with Crippen molar-refractivity contribution in [2.45, 2.75) is 46.1 Å². The topological polar surface area (TPSA) is 80.7 Å². The Hall–Kier alpha value is -1.43. The van der Waals surface area contributed by atoms with Crippen molar-refractivity contribution in [1.29, 1.82) is 0 Å². The lowest BCUT2D eigenvalue weighted by atomic mass is 9.88. The minimum atomic E-state index is -1.01. The highest BCUT2D eigenvalue weighted by Crippen LogP contribution is 2.18. The van der Waals surface area contributed by atoms with Crippen LogP contribution in [0.4, 0.5) is 0 Å². The van der Waals surface area contributed by atoms with Crippen LogP contribution in [-0.2, 0) is 19.1 Å². The van der Waals surface area contributed by atoms with Crippen LogP contribution in [-0.4, -0.2) is 61.1 Å². The second-order valence-electron chi connectivity index (χ2n) is 7.36. The van der Waals surface area contributed by atoms with Gasteiger partial charge in [0.2, 0.25) is 0 Å². The predicted octanol–water partition coefficient (Wildman–Crippen LogP) is 1.47. The lowest BCUT2D eigenvalue weighted by Crippen LogP contribution is -2.43. The van der Waals surface area contributed by atoms with E-state index < -0.39 is 23.5 Å². The number of rotatable bonds is 8. The predicted molar refractivity (Wildman–Crippen MR) is 78.7 cm³/mol. The van der Waals surface area contributed by atoms with Gasteiger partial charge in [0.15, 0.2) is 6.10 Å². The minimum absolute atomic E-state index is 0.0106. The van der Waals surface area contributed by atoms with Gasteiger partial charge in [-0.2, -0.15) is 0 Å². The Morgan fingerprint density at radius 3 is 2.00 bits per heavy atom. The first-order valence-electron chi connectivity index (χ1n) is 7.06. The maximum absolute atomic E-state index is 11.8. The number of Topliss-reactive ketones (excluding diaryl/α,β-unsaturated/α-hetero) is 1. The summed E-state index contributed by atoms with van der Waals surface area (Å²) in [5, 5.41) is 8.87. The molecule has 0 spiro atoms. The van der Waals surface area contributed by atoms with Gasteiger partial charge in [0, 0.05) is 11.8 Å². The number of carbonyl (C=O) groups excluding carboxylic acids is 2. The first-order valence-corrected chi connectivity index (χ1v) is 7.06. The zero-order chi connectivity index (χ0) is 16.8. The molecule has 0 aliphatic rings. The van der Waals surface area contributed by atoms with E-state index in [9.17, 15) is 14.4 Å². The van der Waals surface area contributed by atoms with Gasteiger partial charge in [-0.1, -0.05) is 20.8 Å². The average Bonchev–Trinajstić information content (AvgIpc) is 2.20. The molecule has 122 valence electrons. The summed E-state index contributed by atoms with van der Waals surface area (Å²) < 4.78 is 5.71. The summed E-state index contributed by atoms with van der Waals surface area (Å²) in [6.45, 7) is 5.80. The number of nitrogens with zero attached hydrogens (tertiary/aromatic N) is 1. The number of likely N-dealkylation sites (N-methyl/N-ethyl adjacent to an activating group) is 1. The zero-order valence-corrected chi connectivity index (χ0v) is 13.9. The molecule has 0 heterocycles. The van der Waals surface area contributed by atoms with E-state index >= 15 is 0 Å². The summed E-state index contributed by atoms with van der Waals surface area (Å²) in [4.78, 5) is 34.4. The van der Waals surface area contributed by atoms with Crippen LogP contribution in [0.25, 0.3) is 0 Å². The van der Waals surface area contributed by atoms with Gasteiger partial charge in [0.05, 0.1) is 34.0 Å². The quantitative estimate of drug-likeness (QED) is 0.542. The Labute approximate surface area is 126 Å². The average molecular weight is 302 g/mol. The largest absolute Gasteiger partial charge is 0.481 e. The van der Waals surface area contributed by atoms with Crippen LogP contribution in [0.1, 0.15) is 40.0 Å². The second kappa shape index (κ2) is 7.54. The van der Waals surface area contributed by atoms with E-state index in [0.29, 0.717) is 11.0 Å². The van der Waals surface area contributed by atoms with E-state index in [4.69, 9.17) is 9.84 Å². The molecular weight excluding hydrogens is 274 g/mol. The van der Waals surface area contributed by atoms with E-state index in [1.165, 1.54) is 0 Å². The summed E-state index contributed by atoms with van der Waals surface area (Å²) in [5.74, 6) is -1.54. The molecule has 0 saturated carbocycles. The number of carboxylic acids is 1. The maximum Gasteiger partial charge on any atom is 0.307 e. The van der Waals surface area contributed by atoms with Crippen molar-refractivity contribution in [3.8, 4) is 0 Å². The van der Waals surface area contributed by atoms with Crippen LogP contribution in [0, 0.1) is 5.41 Å². The molecule has 0 unspecified atom stereocenters. The van der Waals surface area contributed by atoms with Crippen LogP contribution < -0.4 is 0 Å². The standard InChI is InChI=1S/C15H27NO5/c1-15(2,3)12(17)7-8-14(20)21-11(9-13(18)19)10-16(4,5)6/h11H,7-10H2,1-6H3/p+1/t11-/m0/s1. The van der Waals surface area contributed by atoms with Gasteiger partial charge in [-0.15, -0.1) is 0 Å². The van der Waals surface area contributed by atoms with Crippen molar-refractivity contribution in [1.82, 2.24) is 0 Å². The molecule has 6 nitrogen and oxygen atoms in total. The van der Waals surface area contributed by atoms with Crippen LogP contribution in [0.3, 0.4) is 0 Å². The van der Waals surface area contributed by atoms with Gasteiger partial charge in [0.25, 0.3) is 0 Å². The number of esters is 1. The molecule has 0 aliphatic carbocycles. The van der Waals surface area contributed by atoms with Gasteiger partial charge in [-0.25, -0.2) is 0 Å². The van der Waals surface area contributed by atoms with Crippen molar-refractivity contribution in [3.05, 3.63) is 0 Å². The molecule has 0 saturated heterocycles. The smallest absolute Gasteiger partial charge is 0.307 e. The molecule has 0 bridgehead atoms. The van der Waals surface area contributed by atoms with Crippen molar-refractivity contribution in [2.24, 2.45) is 5.41 Å². The van der Waals surface area contributed by atoms with Gasteiger partial charge in [-0.05, 0) is 0 Å². The fraction of sp³-hybridized carbons (Fsp3) is 0.800. The molecule has 0 aliphatic heterocycles. The minimum Gasteiger partial charge on any atom is -0.481 e. The molecule has 1 N–H and O–H groups in total. The molecule has 21 heavy (non-hydrogen) atoms. The normalized spacial score (nSPS) is 13.6. The first kappa shape index (κ1) is 19.6. The van der Waals surface area contributed by atoms with Crippen molar-refractivity contribution < 1.29 is 28.7 Å². The number of carboxylic acid groups (broad SMARTS) is 1. The van der Waals surface area contributed by atoms with Crippen LogP contribution in [0.5, 0.6) is 0 Å². The highest BCUT2D eigenvalue weighted by Gasteiger charge is 2.26. The molecule has 0 aromatic heterocycles. The van der Waals surface area contributed by atoms with E-state index in [2.05, 4.69) is 0 Å². The van der Waals surface area contributed by atoms with E-state index in [-0.39, 0.29) is 25.0 Å². The van der Waals surface area contributed by atoms with E-state index in [0.717, 1.165) is 0 Å². The lowest BCUT2D eigenvalue weighted by molar-refractivity contribution is -0.873. The Balaban J connectivity index is 4.47. The van der Waals surface area contributed by atoms with Crippen molar-refractivity contribution >= 4 is 17.7 Å². The van der Waals surface area contributed by atoms with Crippen molar-refractivity contribution in [3.63, 3.8) is 0 Å². The number of ketones is 1. The number of ether oxygens (including phenoxy) is 1. The third kappa shape index (κ3) is 10.0. The molecular formula is C15H28NO5+. The number of hydrogen-bond donors (Lipinski definition) is 1. The highest BCUT2D eigenvalue weighted by atomic mass is 16.5. The molecule has 0 amide bonds. The van der Waals surface area contributed by atoms with Gasteiger partial charge >= 0.3 is 11.9 Å². The van der Waals surface area contributed by atoms with Gasteiger partial charge in [-0.3, -0.25) is 14.4 Å². The molecule has 1 atom stereocenters. The summed E-state index contributed by atoms with van der Waals surface area (Å²) in [6, 6.07) is 0. The molecule has 6 heteroatoms. The summed E-state index contributed by atoms with van der Waals surface area (Å²) in [7, 11) is 5.68. The van der Waals surface area contributed by atoms with Gasteiger partial charge < -0.3 is 14.3 Å². The number of quaternary nitrogens is 1. The Morgan fingerprint density at radius 1 is 1.10 bits per heavy atom.